The van der Waals surface area contributed by atoms with E-state index < -0.39 is 0 Å². The molecule has 1 saturated carbocycles. The summed E-state index contributed by atoms with van der Waals surface area (Å²) in [5, 5.41) is 10.5. The minimum atomic E-state index is 0.114. The van der Waals surface area contributed by atoms with E-state index in [1.54, 1.807) is 0 Å². The number of likely N-dealkylation sites (tertiary alicyclic amines) is 1. The largest absolute Gasteiger partial charge is 0.441 e. The molecular weight excluding hydrogens is 324 g/mol. The van der Waals surface area contributed by atoms with E-state index in [4.69, 9.17) is 21.0 Å². The quantitative estimate of drug-likeness (QED) is 0.912. The van der Waals surface area contributed by atoms with Crippen molar-refractivity contribution in [2.75, 3.05) is 19.7 Å². The SMILES string of the molecule is Cc1oc(-c2ccccc2Cl)nc1CN1C[C@H]2CCC[C@@]2(CO)C1. The number of nitrogens with zero attached hydrogens (tertiary/aromatic N) is 2. The number of aliphatic hydroxyl groups excluding tert-OH is 1. The smallest absolute Gasteiger partial charge is 0.228 e. The highest BCUT2D eigenvalue weighted by molar-refractivity contribution is 6.33. The fraction of sp³-hybridized carbons (Fsp3) is 0.526. The molecule has 1 saturated heterocycles. The van der Waals surface area contributed by atoms with Crippen LogP contribution in [0.1, 0.15) is 30.7 Å². The fourth-order valence-electron chi connectivity index (χ4n) is 4.44. The summed E-state index contributed by atoms with van der Waals surface area (Å²) < 4.78 is 5.87. The van der Waals surface area contributed by atoms with Gasteiger partial charge in [-0.05, 0) is 37.8 Å². The van der Waals surface area contributed by atoms with Crippen molar-refractivity contribution in [3.05, 3.63) is 40.7 Å². The van der Waals surface area contributed by atoms with Crippen molar-refractivity contribution in [3.8, 4) is 11.5 Å². The number of hydrogen-bond donors (Lipinski definition) is 1. The predicted molar refractivity (Wildman–Crippen MR) is 93.8 cm³/mol. The van der Waals surface area contributed by atoms with Crippen molar-refractivity contribution in [2.45, 2.75) is 32.7 Å². The average molecular weight is 347 g/mol. The van der Waals surface area contributed by atoms with Gasteiger partial charge in [0.05, 0.1) is 22.9 Å². The molecule has 24 heavy (non-hydrogen) atoms. The number of halogens is 1. The Hall–Kier alpha value is -1.36. The monoisotopic (exact) mass is 346 g/mol. The summed E-state index contributed by atoms with van der Waals surface area (Å²) in [5.74, 6) is 2.06. The van der Waals surface area contributed by atoms with Crippen LogP contribution in [0.3, 0.4) is 0 Å². The molecular formula is C19H23ClN2O2. The van der Waals surface area contributed by atoms with Crippen LogP contribution in [-0.2, 0) is 6.54 Å². The van der Waals surface area contributed by atoms with Gasteiger partial charge in [-0.3, -0.25) is 4.90 Å². The van der Waals surface area contributed by atoms with Crippen LogP contribution in [0, 0.1) is 18.3 Å². The van der Waals surface area contributed by atoms with Crippen molar-refractivity contribution in [2.24, 2.45) is 11.3 Å². The first-order chi connectivity index (χ1) is 11.6. The molecule has 128 valence electrons. The molecule has 2 fully saturated rings. The summed E-state index contributed by atoms with van der Waals surface area (Å²) >= 11 is 6.25. The Bertz CT molecular complexity index is 745. The molecule has 1 aromatic heterocycles. The van der Waals surface area contributed by atoms with Gasteiger partial charge in [-0.2, -0.15) is 0 Å². The molecule has 2 heterocycles. The van der Waals surface area contributed by atoms with Gasteiger partial charge in [0.1, 0.15) is 5.76 Å². The molecule has 0 spiro atoms. The van der Waals surface area contributed by atoms with Crippen molar-refractivity contribution in [1.82, 2.24) is 9.88 Å². The molecule has 1 aliphatic heterocycles. The van der Waals surface area contributed by atoms with Gasteiger partial charge < -0.3 is 9.52 Å². The molecule has 2 atom stereocenters. The van der Waals surface area contributed by atoms with Crippen LogP contribution in [0.5, 0.6) is 0 Å². The molecule has 2 aliphatic rings. The molecule has 1 aliphatic carbocycles. The summed E-state index contributed by atoms with van der Waals surface area (Å²) in [6.45, 7) is 5.05. The van der Waals surface area contributed by atoms with Crippen LogP contribution < -0.4 is 0 Å². The second kappa shape index (κ2) is 6.17. The van der Waals surface area contributed by atoms with E-state index in [0.717, 1.165) is 43.1 Å². The summed E-state index contributed by atoms with van der Waals surface area (Å²) in [6, 6.07) is 7.62. The number of aliphatic hydroxyl groups is 1. The Morgan fingerprint density at radius 1 is 1.42 bits per heavy atom. The lowest BCUT2D eigenvalue weighted by atomic mass is 9.82. The third-order valence-corrected chi connectivity index (χ3v) is 6.13. The Labute approximate surface area is 147 Å². The van der Waals surface area contributed by atoms with Crippen LogP contribution in [0.15, 0.2) is 28.7 Å². The van der Waals surface area contributed by atoms with Gasteiger partial charge in [0.2, 0.25) is 5.89 Å². The second-order valence-electron chi connectivity index (χ2n) is 7.28. The highest BCUT2D eigenvalue weighted by Gasteiger charge is 2.48. The predicted octanol–water partition coefficient (Wildman–Crippen LogP) is 3.90. The van der Waals surface area contributed by atoms with E-state index in [1.807, 2.05) is 31.2 Å². The maximum Gasteiger partial charge on any atom is 0.228 e. The first kappa shape index (κ1) is 16.1. The zero-order valence-corrected chi connectivity index (χ0v) is 14.7. The average Bonchev–Trinajstić information content (AvgIpc) is 3.21. The van der Waals surface area contributed by atoms with E-state index in [-0.39, 0.29) is 5.41 Å². The van der Waals surface area contributed by atoms with Gasteiger partial charge in [0.25, 0.3) is 0 Å². The van der Waals surface area contributed by atoms with Gasteiger partial charge in [0.15, 0.2) is 0 Å². The van der Waals surface area contributed by atoms with Crippen LogP contribution in [-0.4, -0.2) is 34.7 Å². The van der Waals surface area contributed by atoms with Crippen molar-refractivity contribution >= 4 is 11.6 Å². The van der Waals surface area contributed by atoms with E-state index in [0.29, 0.717) is 23.4 Å². The molecule has 1 N–H and O–H groups in total. The van der Waals surface area contributed by atoms with Gasteiger partial charge in [0, 0.05) is 25.0 Å². The van der Waals surface area contributed by atoms with Crippen molar-refractivity contribution < 1.29 is 9.52 Å². The van der Waals surface area contributed by atoms with Crippen LogP contribution in [0.2, 0.25) is 5.02 Å². The lowest BCUT2D eigenvalue weighted by Crippen LogP contribution is -2.30. The molecule has 1 aromatic carbocycles. The van der Waals surface area contributed by atoms with E-state index in [9.17, 15) is 5.11 Å². The molecule has 0 unspecified atom stereocenters. The van der Waals surface area contributed by atoms with Crippen LogP contribution >= 0.6 is 11.6 Å². The first-order valence-electron chi connectivity index (χ1n) is 8.66. The molecule has 2 aromatic rings. The van der Waals surface area contributed by atoms with E-state index >= 15 is 0 Å². The number of fused-ring (bicyclic) bond motifs is 1. The number of aromatic nitrogens is 1. The molecule has 4 nitrogen and oxygen atoms in total. The molecule has 5 heteroatoms. The second-order valence-corrected chi connectivity index (χ2v) is 7.69. The fourth-order valence-corrected chi connectivity index (χ4v) is 4.66. The lowest BCUT2D eigenvalue weighted by molar-refractivity contribution is 0.111. The molecule has 4 rings (SSSR count). The minimum Gasteiger partial charge on any atom is -0.441 e. The Morgan fingerprint density at radius 3 is 3.00 bits per heavy atom. The molecule has 0 amide bonds. The summed E-state index contributed by atoms with van der Waals surface area (Å²) in [7, 11) is 0. The maximum atomic E-state index is 9.87. The maximum absolute atomic E-state index is 9.87. The third kappa shape index (κ3) is 2.67. The molecule has 0 bridgehead atoms. The summed E-state index contributed by atoms with van der Waals surface area (Å²) in [6.07, 6.45) is 3.63. The number of hydrogen-bond acceptors (Lipinski definition) is 4. The Balaban J connectivity index is 1.53. The standard InChI is InChI=1S/C19H23ClN2O2/c1-13-17(21-18(24-13)15-6-2-3-7-16(15)20)10-22-9-14-5-4-8-19(14,11-22)12-23/h2-3,6-7,14,23H,4-5,8-12H2,1H3/t14-,19+/m1/s1. The van der Waals surface area contributed by atoms with Gasteiger partial charge in [-0.25, -0.2) is 4.98 Å². The lowest BCUT2D eigenvalue weighted by Gasteiger charge is -2.26. The topological polar surface area (TPSA) is 49.5 Å². The number of rotatable bonds is 4. The Kier molecular flexibility index (Phi) is 4.15. The third-order valence-electron chi connectivity index (χ3n) is 5.80. The number of aryl methyl sites for hydroxylation is 1. The Morgan fingerprint density at radius 2 is 2.25 bits per heavy atom. The zero-order chi connectivity index (χ0) is 16.7. The summed E-state index contributed by atoms with van der Waals surface area (Å²) in [4.78, 5) is 7.11. The van der Waals surface area contributed by atoms with Gasteiger partial charge in [-0.15, -0.1) is 0 Å². The first-order valence-corrected chi connectivity index (χ1v) is 9.03. The van der Waals surface area contributed by atoms with E-state index in [1.165, 1.54) is 12.8 Å². The van der Waals surface area contributed by atoms with Crippen molar-refractivity contribution in [3.63, 3.8) is 0 Å². The highest BCUT2D eigenvalue weighted by atomic mass is 35.5. The van der Waals surface area contributed by atoms with Gasteiger partial charge >= 0.3 is 0 Å². The van der Waals surface area contributed by atoms with Crippen LogP contribution in [0.4, 0.5) is 0 Å². The zero-order valence-electron chi connectivity index (χ0n) is 14.0. The number of oxazole rings is 1. The minimum absolute atomic E-state index is 0.114. The van der Waals surface area contributed by atoms with E-state index in [2.05, 4.69) is 4.90 Å². The molecule has 0 radical (unpaired) electrons. The summed E-state index contributed by atoms with van der Waals surface area (Å²) in [5.41, 5.74) is 1.92. The number of benzene rings is 1. The normalized spacial score (nSPS) is 26.9. The van der Waals surface area contributed by atoms with Gasteiger partial charge in [-0.1, -0.05) is 30.2 Å². The van der Waals surface area contributed by atoms with Crippen molar-refractivity contribution in [1.29, 1.82) is 0 Å². The van der Waals surface area contributed by atoms with Crippen LogP contribution in [0.25, 0.3) is 11.5 Å². The highest BCUT2D eigenvalue weighted by Crippen LogP contribution is 2.48.